The number of alkyl halides is 3. The molecule has 0 amide bonds. The average Bonchev–Trinajstić information content (AvgIpc) is 2.36. The summed E-state index contributed by atoms with van der Waals surface area (Å²) < 4.78 is 38.6. The van der Waals surface area contributed by atoms with Crippen LogP contribution in [0.3, 0.4) is 0 Å². The van der Waals surface area contributed by atoms with Gasteiger partial charge in [-0.2, -0.15) is 13.2 Å². The Morgan fingerprint density at radius 2 is 2.11 bits per heavy atom. The van der Waals surface area contributed by atoms with Crippen molar-refractivity contribution in [3.05, 3.63) is 29.3 Å². The maximum Gasteiger partial charge on any atom is 0.417 e. The molecule has 1 aromatic carbocycles. The van der Waals surface area contributed by atoms with Crippen molar-refractivity contribution >= 4 is 12.0 Å². The first-order chi connectivity index (χ1) is 8.93. The number of halogens is 3. The number of carbonyl (C=O) groups excluding carboxylic acids is 1. The Labute approximate surface area is 110 Å². The number of piperidine rings is 1. The van der Waals surface area contributed by atoms with Crippen LogP contribution in [0.2, 0.25) is 0 Å². The molecular weight excluding hydrogens is 255 g/mol. The molecule has 5 heteroatoms. The molecule has 0 aliphatic carbocycles. The Hall–Kier alpha value is -1.52. The molecule has 19 heavy (non-hydrogen) atoms. The topological polar surface area (TPSA) is 20.3 Å². The van der Waals surface area contributed by atoms with E-state index >= 15 is 0 Å². The second-order valence-electron chi connectivity index (χ2n) is 5.05. The lowest BCUT2D eigenvalue weighted by Gasteiger charge is -2.34. The summed E-state index contributed by atoms with van der Waals surface area (Å²) in [5, 5.41) is 0. The lowest BCUT2D eigenvalue weighted by atomic mass is 9.97. The van der Waals surface area contributed by atoms with Gasteiger partial charge in [0.05, 0.1) is 5.56 Å². The Morgan fingerprint density at radius 1 is 1.37 bits per heavy atom. The summed E-state index contributed by atoms with van der Waals surface area (Å²) in [4.78, 5) is 13.0. The third-order valence-electron chi connectivity index (χ3n) is 3.50. The van der Waals surface area contributed by atoms with Crippen LogP contribution in [-0.2, 0) is 6.18 Å². The number of hydrogen-bond donors (Lipinski definition) is 0. The van der Waals surface area contributed by atoms with Gasteiger partial charge in [-0.1, -0.05) is 13.0 Å². The summed E-state index contributed by atoms with van der Waals surface area (Å²) >= 11 is 0. The molecule has 1 heterocycles. The summed E-state index contributed by atoms with van der Waals surface area (Å²) in [7, 11) is 0. The van der Waals surface area contributed by atoms with Crippen LogP contribution >= 0.6 is 0 Å². The fourth-order valence-corrected chi connectivity index (χ4v) is 2.61. The number of benzene rings is 1. The van der Waals surface area contributed by atoms with E-state index in [9.17, 15) is 18.0 Å². The minimum atomic E-state index is -4.49. The van der Waals surface area contributed by atoms with Gasteiger partial charge in [0.25, 0.3) is 0 Å². The number of carbonyl (C=O) groups is 1. The van der Waals surface area contributed by atoms with Gasteiger partial charge in [0.2, 0.25) is 0 Å². The molecule has 0 N–H and O–H groups in total. The standard InChI is InChI=1S/C14H16F3NO/c1-10-4-3-7-18(8-10)13-6-2-5-12(11(13)9-19)14(15,16)17/h2,5-6,9-10H,3-4,7-8H2,1H3. The number of aldehydes is 1. The van der Waals surface area contributed by atoms with Crippen molar-refractivity contribution in [3.63, 3.8) is 0 Å². The fraction of sp³-hybridized carbons (Fsp3) is 0.500. The van der Waals surface area contributed by atoms with E-state index < -0.39 is 11.7 Å². The first-order valence-corrected chi connectivity index (χ1v) is 6.34. The molecule has 0 spiro atoms. The fourth-order valence-electron chi connectivity index (χ4n) is 2.61. The van der Waals surface area contributed by atoms with E-state index in [1.54, 1.807) is 6.07 Å². The number of nitrogens with zero attached hydrogens (tertiary/aromatic N) is 1. The summed E-state index contributed by atoms with van der Waals surface area (Å²) in [6, 6.07) is 3.92. The molecule has 0 aromatic heterocycles. The first-order valence-electron chi connectivity index (χ1n) is 6.34. The van der Waals surface area contributed by atoms with Crippen LogP contribution in [0.4, 0.5) is 18.9 Å². The van der Waals surface area contributed by atoms with Gasteiger partial charge in [-0.15, -0.1) is 0 Å². The van der Waals surface area contributed by atoms with Gasteiger partial charge in [0.15, 0.2) is 6.29 Å². The lowest BCUT2D eigenvalue weighted by molar-refractivity contribution is -0.137. The maximum atomic E-state index is 12.9. The van der Waals surface area contributed by atoms with Crippen molar-refractivity contribution in [2.24, 2.45) is 5.92 Å². The summed E-state index contributed by atoms with van der Waals surface area (Å²) in [5.41, 5.74) is -0.696. The zero-order valence-electron chi connectivity index (χ0n) is 10.7. The van der Waals surface area contributed by atoms with Gasteiger partial charge < -0.3 is 4.90 Å². The summed E-state index contributed by atoms with van der Waals surface area (Å²) in [5.74, 6) is 0.433. The van der Waals surface area contributed by atoms with E-state index in [0.29, 0.717) is 31.0 Å². The van der Waals surface area contributed by atoms with Crippen molar-refractivity contribution in [1.82, 2.24) is 0 Å². The van der Waals surface area contributed by atoms with Crippen LogP contribution in [-0.4, -0.2) is 19.4 Å². The van der Waals surface area contributed by atoms with Crippen LogP contribution in [0, 0.1) is 5.92 Å². The molecule has 1 aromatic rings. The minimum Gasteiger partial charge on any atom is -0.371 e. The van der Waals surface area contributed by atoms with Crippen LogP contribution in [0.15, 0.2) is 18.2 Å². The van der Waals surface area contributed by atoms with Crippen molar-refractivity contribution < 1.29 is 18.0 Å². The highest BCUT2D eigenvalue weighted by molar-refractivity contribution is 5.87. The SMILES string of the molecule is CC1CCCN(c2cccc(C(F)(F)F)c2C=O)C1. The molecule has 2 nitrogen and oxygen atoms in total. The van der Waals surface area contributed by atoms with Gasteiger partial charge in [-0.25, -0.2) is 0 Å². The van der Waals surface area contributed by atoms with E-state index in [-0.39, 0.29) is 5.56 Å². The van der Waals surface area contributed by atoms with E-state index in [0.717, 1.165) is 18.9 Å². The van der Waals surface area contributed by atoms with E-state index in [2.05, 4.69) is 6.92 Å². The highest BCUT2D eigenvalue weighted by atomic mass is 19.4. The Balaban J connectivity index is 2.43. The van der Waals surface area contributed by atoms with Gasteiger partial charge in [0, 0.05) is 24.3 Å². The molecule has 2 rings (SSSR count). The molecule has 1 saturated heterocycles. The van der Waals surface area contributed by atoms with Gasteiger partial charge in [-0.05, 0) is 30.9 Å². The van der Waals surface area contributed by atoms with E-state index in [1.165, 1.54) is 6.07 Å². The Morgan fingerprint density at radius 3 is 2.68 bits per heavy atom. The van der Waals surface area contributed by atoms with Gasteiger partial charge >= 0.3 is 6.18 Å². The largest absolute Gasteiger partial charge is 0.417 e. The molecule has 104 valence electrons. The third-order valence-corrected chi connectivity index (χ3v) is 3.50. The van der Waals surface area contributed by atoms with Crippen molar-refractivity contribution in [2.45, 2.75) is 25.9 Å². The second-order valence-corrected chi connectivity index (χ2v) is 5.05. The van der Waals surface area contributed by atoms with Crippen LogP contribution < -0.4 is 4.90 Å². The molecular formula is C14H16F3NO. The van der Waals surface area contributed by atoms with Gasteiger partial charge in [0.1, 0.15) is 0 Å². The zero-order chi connectivity index (χ0) is 14.0. The first kappa shape index (κ1) is 13.9. The monoisotopic (exact) mass is 271 g/mol. The Kier molecular flexibility index (Phi) is 3.83. The average molecular weight is 271 g/mol. The zero-order valence-corrected chi connectivity index (χ0v) is 10.7. The quantitative estimate of drug-likeness (QED) is 0.763. The normalized spacial score (nSPS) is 20.4. The lowest BCUT2D eigenvalue weighted by Crippen LogP contribution is -2.35. The van der Waals surface area contributed by atoms with E-state index in [1.807, 2.05) is 4.90 Å². The molecule has 0 radical (unpaired) electrons. The van der Waals surface area contributed by atoms with Crippen molar-refractivity contribution in [2.75, 3.05) is 18.0 Å². The molecule has 1 unspecified atom stereocenters. The van der Waals surface area contributed by atoms with Crippen LogP contribution in [0.5, 0.6) is 0 Å². The minimum absolute atomic E-state index is 0.246. The molecule has 0 saturated carbocycles. The summed E-state index contributed by atoms with van der Waals surface area (Å²) in [6.45, 7) is 3.47. The van der Waals surface area contributed by atoms with Crippen molar-refractivity contribution in [3.8, 4) is 0 Å². The van der Waals surface area contributed by atoms with E-state index in [4.69, 9.17) is 0 Å². The number of hydrogen-bond acceptors (Lipinski definition) is 2. The second kappa shape index (κ2) is 5.23. The molecule has 1 aliphatic heterocycles. The van der Waals surface area contributed by atoms with Crippen LogP contribution in [0.25, 0.3) is 0 Å². The maximum absolute atomic E-state index is 12.9. The molecule has 0 bridgehead atoms. The van der Waals surface area contributed by atoms with Gasteiger partial charge in [-0.3, -0.25) is 4.79 Å². The predicted molar refractivity (Wildman–Crippen MR) is 67.4 cm³/mol. The highest BCUT2D eigenvalue weighted by Gasteiger charge is 2.35. The third kappa shape index (κ3) is 2.91. The molecule has 1 atom stereocenters. The Bertz CT molecular complexity index is 470. The number of anilines is 1. The number of rotatable bonds is 2. The van der Waals surface area contributed by atoms with Crippen molar-refractivity contribution in [1.29, 1.82) is 0 Å². The highest BCUT2D eigenvalue weighted by Crippen LogP contribution is 2.36. The smallest absolute Gasteiger partial charge is 0.371 e. The molecule has 1 aliphatic rings. The van der Waals surface area contributed by atoms with Crippen LogP contribution in [0.1, 0.15) is 35.7 Å². The molecule has 1 fully saturated rings. The summed E-state index contributed by atoms with van der Waals surface area (Å²) in [6.07, 6.45) is -2.16. The predicted octanol–water partition coefficient (Wildman–Crippen LogP) is 3.75.